The number of rotatable bonds is 13. The van der Waals surface area contributed by atoms with E-state index < -0.39 is 23.6 Å². The summed E-state index contributed by atoms with van der Waals surface area (Å²) in [7, 11) is 0. The summed E-state index contributed by atoms with van der Waals surface area (Å²) in [6.07, 6.45) is 13.8. The minimum atomic E-state index is -1.62. The summed E-state index contributed by atoms with van der Waals surface area (Å²) in [5.74, 6) is -2.15. The minimum Gasteiger partial charge on any atom is -0.506 e. The summed E-state index contributed by atoms with van der Waals surface area (Å²) >= 11 is 0. The van der Waals surface area contributed by atoms with Crippen molar-refractivity contribution in [1.29, 1.82) is 0 Å². The van der Waals surface area contributed by atoms with E-state index >= 15 is 0 Å². The predicted octanol–water partition coefficient (Wildman–Crippen LogP) is 5.10. The van der Waals surface area contributed by atoms with Gasteiger partial charge in [0.25, 0.3) is 0 Å². The number of aliphatic carboxylic acids is 1. The first-order valence-corrected chi connectivity index (χ1v) is 10.0. The van der Waals surface area contributed by atoms with Gasteiger partial charge >= 0.3 is 5.97 Å². The van der Waals surface area contributed by atoms with Crippen LogP contribution in [0.2, 0.25) is 0 Å². The lowest BCUT2D eigenvalue weighted by atomic mass is 9.86. The van der Waals surface area contributed by atoms with Crippen molar-refractivity contribution in [2.75, 3.05) is 0 Å². The Bertz CT molecular complexity index is 418. The molecular weight excluding hydrogens is 320 g/mol. The third-order valence-electron chi connectivity index (χ3n) is 5.56. The van der Waals surface area contributed by atoms with Crippen LogP contribution in [0.3, 0.4) is 0 Å². The van der Waals surface area contributed by atoms with Gasteiger partial charge < -0.3 is 20.4 Å². The molecule has 0 saturated heterocycles. The smallest absolute Gasteiger partial charge is 0.374 e. The van der Waals surface area contributed by atoms with Gasteiger partial charge in [0.1, 0.15) is 6.10 Å². The third kappa shape index (κ3) is 8.13. The maximum absolute atomic E-state index is 10.6. The molecule has 0 amide bonds. The van der Waals surface area contributed by atoms with E-state index in [-0.39, 0.29) is 6.42 Å². The Labute approximate surface area is 151 Å². The number of aliphatic hydroxyl groups excluding tert-OH is 3. The van der Waals surface area contributed by atoms with Crippen molar-refractivity contribution >= 4 is 5.97 Å². The van der Waals surface area contributed by atoms with Crippen molar-refractivity contribution in [1.82, 2.24) is 0 Å². The second-order valence-corrected chi connectivity index (χ2v) is 7.49. The highest BCUT2D eigenvalue weighted by Gasteiger charge is 2.27. The maximum atomic E-state index is 10.6. The molecular formula is C20H36O5. The van der Waals surface area contributed by atoms with E-state index in [0.29, 0.717) is 5.92 Å². The van der Waals surface area contributed by atoms with Gasteiger partial charge in [0.15, 0.2) is 5.76 Å². The molecule has 1 fully saturated rings. The normalized spacial score (nSPS) is 22.6. The first kappa shape index (κ1) is 21.8. The van der Waals surface area contributed by atoms with E-state index in [2.05, 4.69) is 6.92 Å². The van der Waals surface area contributed by atoms with Crippen molar-refractivity contribution in [2.45, 2.75) is 96.5 Å². The van der Waals surface area contributed by atoms with Crippen LogP contribution in [0, 0.1) is 11.8 Å². The number of aliphatic hydroxyl groups is 3. The first-order valence-electron chi connectivity index (χ1n) is 10.0. The van der Waals surface area contributed by atoms with Crippen LogP contribution < -0.4 is 0 Å². The Morgan fingerprint density at radius 1 is 0.920 bits per heavy atom. The van der Waals surface area contributed by atoms with Crippen LogP contribution >= 0.6 is 0 Å². The zero-order chi connectivity index (χ0) is 18.7. The highest BCUT2D eigenvalue weighted by atomic mass is 16.4. The lowest BCUT2D eigenvalue weighted by molar-refractivity contribution is -0.136. The Kier molecular flexibility index (Phi) is 10.6. The van der Waals surface area contributed by atoms with Crippen molar-refractivity contribution < 1.29 is 25.2 Å². The van der Waals surface area contributed by atoms with Crippen LogP contribution in [0.5, 0.6) is 0 Å². The molecule has 5 nitrogen and oxygen atoms in total. The second-order valence-electron chi connectivity index (χ2n) is 7.49. The monoisotopic (exact) mass is 356 g/mol. The molecule has 1 rings (SSSR count). The van der Waals surface area contributed by atoms with Gasteiger partial charge in [0, 0.05) is 0 Å². The molecule has 1 aliphatic carbocycles. The zero-order valence-corrected chi connectivity index (χ0v) is 15.6. The fourth-order valence-corrected chi connectivity index (χ4v) is 4.04. The van der Waals surface area contributed by atoms with Gasteiger partial charge in [-0.05, 0) is 18.3 Å². The van der Waals surface area contributed by atoms with E-state index in [1.165, 1.54) is 64.2 Å². The first-order chi connectivity index (χ1) is 12.0. The molecule has 1 saturated carbocycles. The second kappa shape index (κ2) is 12.2. The fraction of sp³-hybridized carbons (Fsp3) is 0.850. The van der Waals surface area contributed by atoms with Gasteiger partial charge in [-0.2, -0.15) is 0 Å². The Morgan fingerprint density at radius 2 is 1.48 bits per heavy atom. The molecule has 0 radical (unpaired) electrons. The van der Waals surface area contributed by atoms with E-state index in [9.17, 15) is 15.0 Å². The van der Waals surface area contributed by atoms with Gasteiger partial charge in [0.05, 0.1) is 0 Å². The topological polar surface area (TPSA) is 98.0 Å². The summed E-state index contributed by atoms with van der Waals surface area (Å²) in [4.78, 5) is 10.6. The quantitative estimate of drug-likeness (QED) is 0.209. The molecule has 4 N–H and O–H groups in total. The van der Waals surface area contributed by atoms with Crippen molar-refractivity contribution in [2.24, 2.45) is 11.8 Å². The number of carboxylic acids is 1. The lowest BCUT2D eigenvalue weighted by Gasteiger charge is -2.20. The molecule has 0 heterocycles. The number of hydrogen-bond donors (Lipinski definition) is 4. The van der Waals surface area contributed by atoms with Crippen LogP contribution in [0.25, 0.3) is 0 Å². The van der Waals surface area contributed by atoms with Crippen molar-refractivity contribution in [3.8, 4) is 0 Å². The van der Waals surface area contributed by atoms with E-state index in [0.717, 1.165) is 18.8 Å². The van der Waals surface area contributed by atoms with E-state index in [1.807, 2.05) is 0 Å². The molecule has 0 aromatic carbocycles. The zero-order valence-electron chi connectivity index (χ0n) is 15.6. The molecule has 146 valence electrons. The summed E-state index contributed by atoms with van der Waals surface area (Å²) in [6, 6.07) is 0. The predicted molar refractivity (Wildman–Crippen MR) is 98.6 cm³/mol. The maximum Gasteiger partial charge on any atom is 0.374 e. The van der Waals surface area contributed by atoms with Crippen molar-refractivity contribution in [3.05, 3.63) is 11.5 Å². The Balaban J connectivity index is 2.24. The van der Waals surface area contributed by atoms with Gasteiger partial charge in [-0.3, -0.25) is 0 Å². The third-order valence-corrected chi connectivity index (χ3v) is 5.56. The number of hydrogen-bond acceptors (Lipinski definition) is 4. The van der Waals surface area contributed by atoms with Crippen LogP contribution in [-0.4, -0.2) is 32.5 Å². The minimum absolute atomic E-state index is 0.281. The molecule has 1 unspecified atom stereocenters. The molecule has 3 atom stereocenters. The summed E-state index contributed by atoms with van der Waals surface area (Å²) < 4.78 is 0. The largest absolute Gasteiger partial charge is 0.506 e. The van der Waals surface area contributed by atoms with Gasteiger partial charge in [0.2, 0.25) is 5.76 Å². The van der Waals surface area contributed by atoms with E-state index in [4.69, 9.17) is 10.2 Å². The lowest BCUT2D eigenvalue weighted by Crippen LogP contribution is -2.17. The number of carboxylic acid groups (broad SMARTS) is 1. The standard InChI is InChI=1S/C20H36O5/c1-2-3-4-5-6-7-10-15-11-8-12-16(15)13-9-14-17(21)18(22)19(23)20(24)25/h15-17,21-23H,2-14H2,1H3,(H,24,25)/t15-,16+,17?/m0/s1. The van der Waals surface area contributed by atoms with E-state index in [1.54, 1.807) is 0 Å². The van der Waals surface area contributed by atoms with Gasteiger partial charge in [-0.25, -0.2) is 4.79 Å². The van der Waals surface area contributed by atoms with Crippen LogP contribution in [0.1, 0.15) is 90.4 Å². The SMILES string of the molecule is CCCCCCCC[C@H]1CCC[C@@H]1CCCC(O)C(O)=C(O)C(=O)O. The summed E-state index contributed by atoms with van der Waals surface area (Å²) in [6.45, 7) is 2.23. The van der Waals surface area contributed by atoms with Gasteiger partial charge in [-0.1, -0.05) is 84.0 Å². The Hall–Kier alpha value is -1.23. The molecule has 0 spiro atoms. The van der Waals surface area contributed by atoms with Gasteiger partial charge in [-0.15, -0.1) is 0 Å². The molecule has 0 aromatic rings. The Morgan fingerprint density at radius 3 is 2.08 bits per heavy atom. The molecule has 5 heteroatoms. The fourth-order valence-electron chi connectivity index (χ4n) is 4.04. The average Bonchev–Trinajstić information content (AvgIpc) is 3.03. The molecule has 25 heavy (non-hydrogen) atoms. The van der Waals surface area contributed by atoms with Crippen LogP contribution in [0.15, 0.2) is 11.5 Å². The molecule has 0 bridgehead atoms. The summed E-state index contributed by atoms with van der Waals surface area (Å²) in [5.41, 5.74) is 0. The number of carbonyl (C=O) groups is 1. The average molecular weight is 357 g/mol. The van der Waals surface area contributed by atoms with Crippen LogP contribution in [0.4, 0.5) is 0 Å². The van der Waals surface area contributed by atoms with Crippen molar-refractivity contribution in [3.63, 3.8) is 0 Å². The number of unbranched alkanes of at least 4 members (excludes halogenated alkanes) is 5. The highest BCUT2D eigenvalue weighted by Crippen LogP contribution is 2.38. The molecule has 1 aliphatic rings. The summed E-state index contributed by atoms with van der Waals surface area (Å²) in [5, 5.41) is 37.1. The molecule has 0 aliphatic heterocycles. The highest BCUT2D eigenvalue weighted by molar-refractivity contribution is 5.84. The molecule has 0 aromatic heterocycles. The van der Waals surface area contributed by atoms with Crippen LogP contribution in [-0.2, 0) is 4.79 Å².